The Kier molecular flexibility index (Phi) is 5.82. The molecule has 0 atom stereocenters. The van der Waals surface area contributed by atoms with Gasteiger partial charge < -0.3 is 4.74 Å². The van der Waals surface area contributed by atoms with Gasteiger partial charge in [-0.25, -0.2) is 9.69 Å². The van der Waals surface area contributed by atoms with Gasteiger partial charge in [-0.1, -0.05) is 54.1 Å². The maximum Gasteiger partial charge on any atom is 0.335 e. The van der Waals surface area contributed by atoms with Crippen molar-refractivity contribution in [3.05, 3.63) is 101 Å². The highest BCUT2D eigenvalue weighted by Crippen LogP contribution is 2.24. The van der Waals surface area contributed by atoms with Crippen molar-refractivity contribution in [1.82, 2.24) is 5.32 Å². The molecule has 0 aromatic heterocycles. The van der Waals surface area contributed by atoms with E-state index in [4.69, 9.17) is 16.3 Å². The normalized spacial score (nSPS) is 15.2. The highest BCUT2D eigenvalue weighted by molar-refractivity contribution is 6.39. The summed E-state index contributed by atoms with van der Waals surface area (Å²) in [4.78, 5) is 38.3. The molecule has 3 aromatic carbocycles. The number of rotatable bonds is 5. The first-order valence-corrected chi connectivity index (χ1v) is 9.83. The molecule has 0 aliphatic carbocycles. The summed E-state index contributed by atoms with van der Waals surface area (Å²) >= 11 is 5.87. The molecule has 1 fully saturated rings. The highest BCUT2D eigenvalue weighted by Gasteiger charge is 2.36. The first kappa shape index (κ1) is 20.4. The van der Waals surface area contributed by atoms with Gasteiger partial charge in [-0.3, -0.25) is 14.9 Å². The minimum Gasteiger partial charge on any atom is -0.489 e. The Hall–Kier alpha value is -3.90. The molecule has 1 aliphatic heterocycles. The molecule has 1 heterocycles. The van der Waals surface area contributed by atoms with Crippen molar-refractivity contribution in [2.45, 2.75) is 6.61 Å². The van der Waals surface area contributed by atoms with Crippen LogP contribution in [0, 0.1) is 0 Å². The van der Waals surface area contributed by atoms with Crippen molar-refractivity contribution in [1.29, 1.82) is 0 Å². The van der Waals surface area contributed by atoms with E-state index in [1.54, 1.807) is 36.4 Å². The van der Waals surface area contributed by atoms with Crippen LogP contribution in [0.1, 0.15) is 11.1 Å². The largest absolute Gasteiger partial charge is 0.489 e. The molecule has 6 nitrogen and oxygen atoms in total. The summed E-state index contributed by atoms with van der Waals surface area (Å²) < 4.78 is 5.75. The molecule has 0 unspecified atom stereocenters. The first-order valence-electron chi connectivity index (χ1n) is 9.45. The molecule has 7 heteroatoms. The maximum atomic E-state index is 12.9. The lowest BCUT2D eigenvalue weighted by Crippen LogP contribution is -2.54. The molecule has 0 spiro atoms. The molecule has 154 valence electrons. The van der Waals surface area contributed by atoms with Crippen LogP contribution in [0.5, 0.6) is 5.75 Å². The van der Waals surface area contributed by atoms with Gasteiger partial charge in [0.15, 0.2) is 0 Å². The summed E-state index contributed by atoms with van der Waals surface area (Å²) in [5, 5.41) is 2.66. The highest BCUT2D eigenvalue weighted by atomic mass is 35.5. The SMILES string of the molecule is O=C1NC(=O)N(c2ccc(Cl)cc2)C(=O)C1=Cc1ccc(OCc2ccccc2)cc1. The van der Waals surface area contributed by atoms with Crippen molar-refractivity contribution in [2.24, 2.45) is 0 Å². The number of halogens is 1. The third-order valence-electron chi connectivity index (χ3n) is 4.63. The number of anilines is 1. The van der Waals surface area contributed by atoms with E-state index in [1.807, 2.05) is 30.3 Å². The van der Waals surface area contributed by atoms with Crippen LogP contribution in [-0.2, 0) is 16.2 Å². The zero-order valence-electron chi connectivity index (χ0n) is 16.2. The Labute approximate surface area is 183 Å². The fourth-order valence-corrected chi connectivity index (χ4v) is 3.18. The molecule has 31 heavy (non-hydrogen) atoms. The number of carbonyl (C=O) groups excluding carboxylic acids is 3. The Morgan fingerprint density at radius 2 is 1.55 bits per heavy atom. The van der Waals surface area contributed by atoms with Crippen LogP contribution in [-0.4, -0.2) is 17.8 Å². The molecular weight excluding hydrogens is 416 g/mol. The molecule has 0 bridgehead atoms. The summed E-state index contributed by atoms with van der Waals surface area (Å²) in [5.41, 5.74) is 1.84. The van der Waals surface area contributed by atoms with E-state index in [0.29, 0.717) is 28.6 Å². The molecule has 4 rings (SSSR count). The number of ether oxygens (including phenoxy) is 1. The van der Waals surface area contributed by atoms with E-state index in [2.05, 4.69) is 5.32 Å². The van der Waals surface area contributed by atoms with E-state index in [9.17, 15) is 14.4 Å². The molecule has 0 radical (unpaired) electrons. The number of benzene rings is 3. The molecular formula is C24H17ClN2O4. The first-order chi connectivity index (χ1) is 15.0. The number of barbiturate groups is 1. The van der Waals surface area contributed by atoms with Crippen molar-refractivity contribution < 1.29 is 19.1 Å². The van der Waals surface area contributed by atoms with Gasteiger partial charge in [-0.15, -0.1) is 0 Å². The summed E-state index contributed by atoms with van der Waals surface area (Å²) in [7, 11) is 0. The van der Waals surface area contributed by atoms with E-state index in [0.717, 1.165) is 10.5 Å². The van der Waals surface area contributed by atoms with Crippen molar-refractivity contribution in [3.63, 3.8) is 0 Å². The Morgan fingerprint density at radius 3 is 2.23 bits per heavy atom. The zero-order chi connectivity index (χ0) is 21.8. The average Bonchev–Trinajstić information content (AvgIpc) is 2.78. The number of amides is 4. The molecule has 3 aromatic rings. The molecule has 1 aliphatic rings. The number of carbonyl (C=O) groups is 3. The van der Waals surface area contributed by atoms with Crippen LogP contribution in [0.25, 0.3) is 6.08 Å². The molecule has 4 amide bonds. The van der Waals surface area contributed by atoms with Crippen LogP contribution in [0.4, 0.5) is 10.5 Å². The third kappa shape index (κ3) is 4.65. The summed E-state index contributed by atoms with van der Waals surface area (Å²) in [6.07, 6.45) is 1.44. The summed E-state index contributed by atoms with van der Waals surface area (Å²) in [5.74, 6) is -0.798. The quantitative estimate of drug-likeness (QED) is 0.472. The van der Waals surface area contributed by atoms with E-state index in [-0.39, 0.29) is 5.57 Å². The Morgan fingerprint density at radius 1 is 0.871 bits per heavy atom. The smallest absolute Gasteiger partial charge is 0.335 e. The number of nitrogens with one attached hydrogen (secondary N) is 1. The number of hydrogen-bond acceptors (Lipinski definition) is 4. The fourth-order valence-electron chi connectivity index (χ4n) is 3.05. The fraction of sp³-hybridized carbons (Fsp3) is 0.0417. The summed E-state index contributed by atoms with van der Waals surface area (Å²) in [6.45, 7) is 0.431. The van der Waals surface area contributed by atoms with Gasteiger partial charge in [-0.2, -0.15) is 0 Å². The van der Waals surface area contributed by atoms with Crippen LogP contribution in [0.15, 0.2) is 84.4 Å². The number of hydrogen-bond donors (Lipinski definition) is 1. The molecule has 0 saturated carbocycles. The van der Waals surface area contributed by atoms with Crippen LogP contribution >= 0.6 is 11.6 Å². The van der Waals surface area contributed by atoms with E-state index in [1.165, 1.54) is 18.2 Å². The summed E-state index contributed by atoms with van der Waals surface area (Å²) in [6, 6.07) is 22.1. The lowest BCUT2D eigenvalue weighted by Gasteiger charge is -2.26. The number of urea groups is 1. The average molecular weight is 433 g/mol. The van der Waals surface area contributed by atoms with Crippen LogP contribution in [0.2, 0.25) is 5.02 Å². The predicted octanol–water partition coefficient (Wildman–Crippen LogP) is 4.59. The monoisotopic (exact) mass is 432 g/mol. The lowest BCUT2D eigenvalue weighted by molar-refractivity contribution is -0.122. The minimum atomic E-state index is -0.806. The van der Waals surface area contributed by atoms with Gasteiger partial charge in [0.2, 0.25) is 0 Å². The van der Waals surface area contributed by atoms with Gasteiger partial charge >= 0.3 is 6.03 Å². The number of nitrogens with zero attached hydrogens (tertiary/aromatic N) is 1. The topological polar surface area (TPSA) is 75.7 Å². The Balaban J connectivity index is 1.52. The van der Waals surface area contributed by atoms with Gasteiger partial charge in [0.1, 0.15) is 17.9 Å². The van der Waals surface area contributed by atoms with E-state index < -0.39 is 17.8 Å². The second-order valence-corrected chi connectivity index (χ2v) is 7.21. The van der Waals surface area contributed by atoms with E-state index >= 15 is 0 Å². The molecule has 1 N–H and O–H groups in total. The van der Waals surface area contributed by atoms with Crippen LogP contribution in [0.3, 0.4) is 0 Å². The lowest BCUT2D eigenvalue weighted by atomic mass is 10.1. The molecule has 1 saturated heterocycles. The zero-order valence-corrected chi connectivity index (χ0v) is 17.0. The second-order valence-electron chi connectivity index (χ2n) is 6.78. The minimum absolute atomic E-state index is 0.146. The third-order valence-corrected chi connectivity index (χ3v) is 4.88. The number of imide groups is 2. The van der Waals surface area contributed by atoms with Crippen LogP contribution < -0.4 is 15.0 Å². The Bertz CT molecular complexity index is 1160. The van der Waals surface area contributed by atoms with Crippen molar-refractivity contribution in [3.8, 4) is 5.75 Å². The van der Waals surface area contributed by atoms with Crippen molar-refractivity contribution in [2.75, 3.05) is 4.90 Å². The van der Waals surface area contributed by atoms with Crippen molar-refractivity contribution >= 4 is 41.2 Å². The van der Waals surface area contributed by atoms with Gasteiger partial charge in [0, 0.05) is 5.02 Å². The van der Waals surface area contributed by atoms with Gasteiger partial charge in [0.05, 0.1) is 5.69 Å². The van der Waals surface area contributed by atoms with Gasteiger partial charge in [0.25, 0.3) is 11.8 Å². The van der Waals surface area contributed by atoms with Gasteiger partial charge in [-0.05, 0) is 53.6 Å². The standard InChI is InChI=1S/C24H17ClN2O4/c25-18-8-10-19(11-9-18)27-23(29)21(22(28)26-24(27)30)14-16-6-12-20(13-7-16)31-15-17-4-2-1-3-5-17/h1-14H,15H2,(H,26,28,30). The second kappa shape index (κ2) is 8.85. The predicted molar refractivity (Wildman–Crippen MR) is 118 cm³/mol. The maximum absolute atomic E-state index is 12.9.